The van der Waals surface area contributed by atoms with E-state index >= 15 is 0 Å². The number of halogens is 2. The molecule has 3 aromatic carbocycles. The summed E-state index contributed by atoms with van der Waals surface area (Å²) in [4.78, 5) is 35.9. The van der Waals surface area contributed by atoms with Crippen LogP contribution in [0.2, 0.25) is 5.02 Å². The number of ether oxygens (including phenoxy) is 2. The molecule has 0 fully saturated rings. The van der Waals surface area contributed by atoms with E-state index in [1.165, 1.54) is 36.4 Å². The monoisotopic (exact) mass is 470 g/mol. The molecule has 0 aliphatic carbocycles. The second-order valence-electron chi connectivity index (χ2n) is 6.74. The number of carbonyl (C=O) groups excluding carboxylic acids is 3. The van der Waals surface area contributed by atoms with Crippen LogP contribution in [0.5, 0.6) is 5.75 Å². The van der Waals surface area contributed by atoms with Gasteiger partial charge in [0.05, 0.1) is 17.2 Å². The third-order valence-electron chi connectivity index (χ3n) is 4.43. The predicted octanol–water partition coefficient (Wildman–Crippen LogP) is 5.20. The summed E-state index contributed by atoms with van der Waals surface area (Å²) >= 11 is 5.91. The van der Waals surface area contributed by atoms with Crippen molar-refractivity contribution in [2.75, 3.05) is 11.9 Å². The maximum Gasteiger partial charge on any atom is 0.513 e. The Morgan fingerprint density at radius 2 is 1.64 bits per heavy atom. The molecule has 0 bridgehead atoms. The van der Waals surface area contributed by atoms with E-state index in [9.17, 15) is 18.8 Å². The zero-order valence-electron chi connectivity index (χ0n) is 17.6. The van der Waals surface area contributed by atoms with Gasteiger partial charge in [-0.2, -0.15) is 0 Å². The SMILES string of the molecule is CCOC(=O)Oc1ccc(C(=O)NCc2ccc(NC(=O)c3c(F)cccc3Cl)cc2)cc1. The van der Waals surface area contributed by atoms with E-state index in [4.69, 9.17) is 16.3 Å². The number of amides is 2. The Morgan fingerprint density at radius 1 is 0.939 bits per heavy atom. The van der Waals surface area contributed by atoms with E-state index in [0.717, 1.165) is 11.6 Å². The fourth-order valence-electron chi connectivity index (χ4n) is 2.82. The Balaban J connectivity index is 1.53. The fourth-order valence-corrected chi connectivity index (χ4v) is 3.07. The van der Waals surface area contributed by atoms with Crippen LogP contribution in [-0.4, -0.2) is 24.6 Å². The van der Waals surface area contributed by atoms with Crippen molar-refractivity contribution in [2.45, 2.75) is 13.5 Å². The van der Waals surface area contributed by atoms with E-state index in [1.807, 2.05) is 0 Å². The number of hydrogen-bond donors (Lipinski definition) is 2. The van der Waals surface area contributed by atoms with Gasteiger partial charge in [-0.15, -0.1) is 0 Å². The first-order chi connectivity index (χ1) is 15.9. The largest absolute Gasteiger partial charge is 0.513 e. The van der Waals surface area contributed by atoms with Gasteiger partial charge in [-0.25, -0.2) is 9.18 Å². The molecule has 0 spiro atoms. The fraction of sp³-hybridized carbons (Fsp3) is 0.125. The highest BCUT2D eigenvalue weighted by Crippen LogP contribution is 2.21. The lowest BCUT2D eigenvalue weighted by atomic mass is 10.1. The Morgan fingerprint density at radius 3 is 2.27 bits per heavy atom. The van der Waals surface area contributed by atoms with Gasteiger partial charge in [0.1, 0.15) is 11.6 Å². The van der Waals surface area contributed by atoms with E-state index < -0.39 is 17.9 Å². The Labute approximate surface area is 194 Å². The van der Waals surface area contributed by atoms with Crippen molar-refractivity contribution in [3.05, 3.63) is 94.3 Å². The van der Waals surface area contributed by atoms with E-state index in [2.05, 4.69) is 15.4 Å². The molecule has 0 saturated heterocycles. The molecule has 170 valence electrons. The number of benzene rings is 3. The molecule has 9 heteroatoms. The van der Waals surface area contributed by atoms with Crippen LogP contribution >= 0.6 is 11.6 Å². The van der Waals surface area contributed by atoms with E-state index in [1.54, 1.807) is 31.2 Å². The van der Waals surface area contributed by atoms with Crippen LogP contribution in [-0.2, 0) is 11.3 Å². The van der Waals surface area contributed by atoms with Gasteiger partial charge >= 0.3 is 6.16 Å². The first kappa shape index (κ1) is 23.7. The van der Waals surface area contributed by atoms with Crippen LogP contribution in [0.3, 0.4) is 0 Å². The quantitative estimate of drug-likeness (QED) is 0.366. The van der Waals surface area contributed by atoms with Gasteiger partial charge in [-0.1, -0.05) is 29.8 Å². The molecule has 0 aliphatic rings. The minimum atomic E-state index is -0.814. The van der Waals surface area contributed by atoms with Gasteiger partial charge in [0.25, 0.3) is 11.8 Å². The van der Waals surface area contributed by atoms with E-state index in [-0.39, 0.29) is 35.4 Å². The van der Waals surface area contributed by atoms with Crippen LogP contribution in [0.4, 0.5) is 14.9 Å². The summed E-state index contributed by atoms with van der Waals surface area (Å²) in [6, 6.07) is 16.8. The minimum absolute atomic E-state index is 0.0207. The van der Waals surface area contributed by atoms with Crippen LogP contribution in [0.25, 0.3) is 0 Å². The van der Waals surface area contributed by atoms with Crippen LogP contribution in [0.15, 0.2) is 66.7 Å². The second kappa shape index (κ2) is 11.1. The smallest absolute Gasteiger partial charge is 0.434 e. The third kappa shape index (κ3) is 6.54. The van der Waals surface area contributed by atoms with Gasteiger partial charge in [0, 0.05) is 17.8 Å². The Hall–Kier alpha value is -3.91. The Bertz CT molecular complexity index is 1130. The number of rotatable bonds is 7. The van der Waals surface area contributed by atoms with E-state index in [0.29, 0.717) is 11.3 Å². The molecule has 0 unspecified atom stereocenters. The van der Waals surface area contributed by atoms with Crippen molar-refractivity contribution in [3.8, 4) is 5.75 Å². The van der Waals surface area contributed by atoms with Crippen molar-refractivity contribution in [2.24, 2.45) is 0 Å². The summed E-state index contributed by atoms with van der Waals surface area (Å²) in [5.74, 6) is -1.42. The standard InChI is InChI=1S/C24H20ClFN2O5/c1-2-32-24(31)33-18-12-8-16(9-13-18)22(29)27-14-15-6-10-17(11-7-15)28-23(30)21-19(25)4-3-5-20(21)26/h3-13H,2,14H2,1H3,(H,27,29)(H,28,30). The zero-order chi connectivity index (χ0) is 23.8. The number of hydrogen-bond acceptors (Lipinski definition) is 5. The molecule has 33 heavy (non-hydrogen) atoms. The third-order valence-corrected chi connectivity index (χ3v) is 4.75. The molecule has 3 rings (SSSR count). The summed E-state index contributed by atoms with van der Waals surface area (Å²) in [6.07, 6.45) is -0.814. The van der Waals surface area contributed by atoms with Crippen LogP contribution in [0.1, 0.15) is 33.2 Å². The van der Waals surface area contributed by atoms with Crippen molar-refractivity contribution in [1.29, 1.82) is 0 Å². The average molecular weight is 471 g/mol. The molecule has 3 aromatic rings. The lowest BCUT2D eigenvalue weighted by Crippen LogP contribution is -2.22. The normalized spacial score (nSPS) is 10.3. The number of anilines is 1. The van der Waals surface area contributed by atoms with Crippen molar-refractivity contribution < 1.29 is 28.2 Å². The maximum absolute atomic E-state index is 13.9. The number of carbonyl (C=O) groups is 3. The van der Waals surface area contributed by atoms with Crippen LogP contribution in [0, 0.1) is 5.82 Å². The Kier molecular flexibility index (Phi) is 7.99. The molecule has 0 aliphatic heterocycles. The summed E-state index contributed by atoms with van der Waals surface area (Å²) < 4.78 is 23.5. The van der Waals surface area contributed by atoms with Gasteiger partial charge < -0.3 is 20.1 Å². The zero-order valence-corrected chi connectivity index (χ0v) is 18.3. The highest BCUT2D eigenvalue weighted by Gasteiger charge is 2.16. The van der Waals surface area contributed by atoms with Gasteiger partial charge in [0.2, 0.25) is 0 Å². The molecule has 0 radical (unpaired) electrons. The molecule has 0 atom stereocenters. The highest BCUT2D eigenvalue weighted by atomic mass is 35.5. The summed E-state index contributed by atoms with van der Waals surface area (Å²) in [7, 11) is 0. The molecule has 0 heterocycles. The highest BCUT2D eigenvalue weighted by molar-refractivity contribution is 6.34. The topological polar surface area (TPSA) is 93.7 Å². The molecule has 0 saturated carbocycles. The first-order valence-corrected chi connectivity index (χ1v) is 10.3. The summed E-state index contributed by atoms with van der Waals surface area (Å²) in [6.45, 7) is 2.11. The predicted molar refractivity (Wildman–Crippen MR) is 121 cm³/mol. The van der Waals surface area contributed by atoms with Gasteiger partial charge in [0.15, 0.2) is 0 Å². The van der Waals surface area contributed by atoms with Gasteiger partial charge in [-0.05, 0) is 61.0 Å². The summed E-state index contributed by atoms with van der Waals surface area (Å²) in [5, 5.41) is 5.38. The average Bonchev–Trinajstić information content (AvgIpc) is 2.79. The lowest BCUT2D eigenvalue weighted by molar-refractivity contribution is 0.0950. The van der Waals surface area contributed by atoms with Crippen molar-refractivity contribution in [3.63, 3.8) is 0 Å². The second-order valence-corrected chi connectivity index (χ2v) is 7.15. The maximum atomic E-state index is 13.9. The number of nitrogens with one attached hydrogen (secondary N) is 2. The van der Waals surface area contributed by atoms with Crippen molar-refractivity contribution >= 4 is 35.3 Å². The molecular formula is C24H20ClFN2O5. The lowest BCUT2D eigenvalue weighted by Gasteiger charge is -2.09. The molecule has 2 amide bonds. The molecule has 2 N–H and O–H groups in total. The van der Waals surface area contributed by atoms with Crippen LogP contribution < -0.4 is 15.4 Å². The molecule has 7 nitrogen and oxygen atoms in total. The molecule has 0 aromatic heterocycles. The van der Waals surface area contributed by atoms with Gasteiger partial charge in [-0.3, -0.25) is 9.59 Å². The molecular weight excluding hydrogens is 451 g/mol. The minimum Gasteiger partial charge on any atom is -0.434 e. The summed E-state index contributed by atoms with van der Waals surface area (Å²) in [5.41, 5.74) is 1.39. The first-order valence-electron chi connectivity index (χ1n) is 9.94. The van der Waals surface area contributed by atoms with Crippen molar-refractivity contribution in [1.82, 2.24) is 5.32 Å².